The SMILES string of the molecule is COc1cccn2c(N)c(-c3ccc(C)cn3)nc12. The first-order chi connectivity index (χ1) is 9.20. The molecule has 0 fully saturated rings. The van der Waals surface area contributed by atoms with Crippen LogP contribution in [0.25, 0.3) is 17.0 Å². The molecule has 2 N–H and O–H groups in total. The molecule has 3 aromatic rings. The van der Waals surface area contributed by atoms with E-state index in [0.29, 0.717) is 22.9 Å². The van der Waals surface area contributed by atoms with Gasteiger partial charge in [0, 0.05) is 12.4 Å². The molecule has 0 aliphatic heterocycles. The number of fused-ring (bicyclic) bond motifs is 1. The molecule has 3 heterocycles. The number of anilines is 1. The highest BCUT2D eigenvalue weighted by atomic mass is 16.5. The smallest absolute Gasteiger partial charge is 0.181 e. The van der Waals surface area contributed by atoms with Gasteiger partial charge in [-0.05, 0) is 30.7 Å². The fraction of sp³-hybridized carbons (Fsp3) is 0.143. The number of nitrogens with zero attached hydrogens (tertiary/aromatic N) is 3. The minimum atomic E-state index is 0.560. The molecule has 19 heavy (non-hydrogen) atoms. The van der Waals surface area contributed by atoms with Crippen molar-refractivity contribution in [2.24, 2.45) is 0 Å². The van der Waals surface area contributed by atoms with E-state index in [4.69, 9.17) is 10.5 Å². The number of imidazole rings is 1. The largest absolute Gasteiger partial charge is 0.493 e. The van der Waals surface area contributed by atoms with Gasteiger partial charge >= 0.3 is 0 Å². The molecule has 5 nitrogen and oxygen atoms in total. The van der Waals surface area contributed by atoms with Gasteiger partial charge in [-0.1, -0.05) is 6.07 Å². The number of hydrogen-bond acceptors (Lipinski definition) is 4. The van der Waals surface area contributed by atoms with Crippen LogP contribution in [-0.2, 0) is 0 Å². The number of nitrogen functional groups attached to an aromatic ring is 1. The minimum absolute atomic E-state index is 0.560. The molecule has 0 bridgehead atoms. The average Bonchev–Trinajstić information content (AvgIpc) is 2.77. The molecular formula is C14H14N4O. The van der Waals surface area contributed by atoms with Crippen molar-refractivity contribution in [3.05, 3.63) is 42.2 Å². The van der Waals surface area contributed by atoms with E-state index in [0.717, 1.165) is 11.3 Å². The predicted octanol–water partition coefficient (Wildman–Crippen LogP) is 2.30. The Balaban J connectivity index is 2.25. The topological polar surface area (TPSA) is 65.4 Å². The Morgan fingerprint density at radius 2 is 2.11 bits per heavy atom. The number of ether oxygens (including phenoxy) is 1. The molecule has 3 rings (SSSR count). The molecule has 96 valence electrons. The molecule has 5 heteroatoms. The van der Waals surface area contributed by atoms with Gasteiger partial charge in [-0.15, -0.1) is 0 Å². The average molecular weight is 254 g/mol. The van der Waals surface area contributed by atoms with Crippen molar-refractivity contribution in [2.75, 3.05) is 12.8 Å². The van der Waals surface area contributed by atoms with Gasteiger partial charge in [-0.2, -0.15) is 0 Å². The van der Waals surface area contributed by atoms with E-state index in [2.05, 4.69) is 9.97 Å². The maximum atomic E-state index is 6.14. The Labute approximate surface area is 110 Å². The van der Waals surface area contributed by atoms with Crippen LogP contribution < -0.4 is 10.5 Å². The van der Waals surface area contributed by atoms with Crippen LogP contribution in [0.15, 0.2) is 36.7 Å². The second-order valence-electron chi connectivity index (χ2n) is 4.34. The summed E-state index contributed by atoms with van der Waals surface area (Å²) in [5.74, 6) is 1.25. The van der Waals surface area contributed by atoms with Crippen molar-refractivity contribution >= 4 is 11.5 Å². The summed E-state index contributed by atoms with van der Waals surface area (Å²) < 4.78 is 7.09. The number of aromatic nitrogens is 3. The molecule has 0 amide bonds. The lowest BCUT2D eigenvalue weighted by molar-refractivity contribution is 0.417. The lowest BCUT2D eigenvalue weighted by atomic mass is 10.2. The number of hydrogen-bond donors (Lipinski definition) is 1. The molecule has 0 radical (unpaired) electrons. The molecule has 0 saturated heterocycles. The maximum Gasteiger partial charge on any atom is 0.181 e. The summed E-state index contributed by atoms with van der Waals surface area (Å²) in [6.07, 6.45) is 3.66. The Bertz CT molecular complexity index is 731. The predicted molar refractivity (Wildman–Crippen MR) is 74.1 cm³/mol. The first kappa shape index (κ1) is 11.5. The molecule has 3 aromatic heterocycles. The summed E-state index contributed by atoms with van der Waals surface area (Å²) in [6, 6.07) is 7.63. The number of rotatable bonds is 2. The Kier molecular flexibility index (Phi) is 2.59. The van der Waals surface area contributed by atoms with Gasteiger partial charge < -0.3 is 10.5 Å². The van der Waals surface area contributed by atoms with Crippen LogP contribution in [0.5, 0.6) is 5.75 Å². The molecular weight excluding hydrogens is 240 g/mol. The van der Waals surface area contributed by atoms with E-state index in [9.17, 15) is 0 Å². The molecule has 0 unspecified atom stereocenters. The van der Waals surface area contributed by atoms with Crippen LogP contribution in [0.4, 0.5) is 5.82 Å². The molecule has 0 aromatic carbocycles. The van der Waals surface area contributed by atoms with Crippen LogP contribution in [0.3, 0.4) is 0 Å². The van der Waals surface area contributed by atoms with Gasteiger partial charge in [0.1, 0.15) is 11.5 Å². The number of pyridine rings is 2. The van der Waals surface area contributed by atoms with Crippen LogP contribution in [-0.4, -0.2) is 21.5 Å². The third-order valence-corrected chi connectivity index (χ3v) is 3.03. The molecule has 0 atom stereocenters. The number of aryl methyl sites for hydroxylation is 1. The van der Waals surface area contributed by atoms with Crippen molar-refractivity contribution in [3.8, 4) is 17.1 Å². The summed E-state index contributed by atoms with van der Waals surface area (Å²) in [6.45, 7) is 1.99. The van der Waals surface area contributed by atoms with E-state index < -0.39 is 0 Å². The van der Waals surface area contributed by atoms with Crippen molar-refractivity contribution in [2.45, 2.75) is 6.92 Å². The zero-order valence-electron chi connectivity index (χ0n) is 10.8. The van der Waals surface area contributed by atoms with Crippen LogP contribution in [0.2, 0.25) is 0 Å². The van der Waals surface area contributed by atoms with Crippen LogP contribution in [0.1, 0.15) is 5.56 Å². The Morgan fingerprint density at radius 3 is 2.79 bits per heavy atom. The summed E-state index contributed by atoms with van der Waals surface area (Å²) in [7, 11) is 1.62. The Morgan fingerprint density at radius 1 is 1.26 bits per heavy atom. The first-order valence-electron chi connectivity index (χ1n) is 5.94. The van der Waals surface area contributed by atoms with Gasteiger partial charge in [0.05, 0.1) is 12.8 Å². The van der Waals surface area contributed by atoms with Crippen molar-refractivity contribution in [1.82, 2.24) is 14.4 Å². The van der Waals surface area contributed by atoms with E-state index in [1.165, 1.54) is 0 Å². The summed E-state index contributed by atoms with van der Waals surface area (Å²) >= 11 is 0. The van der Waals surface area contributed by atoms with E-state index in [1.54, 1.807) is 17.7 Å². The van der Waals surface area contributed by atoms with Gasteiger partial charge in [0.25, 0.3) is 0 Å². The normalized spacial score (nSPS) is 10.8. The maximum absolute atomic E-state index is 6.14. The van der Waals surface area contributed by atoms with Crippen LogP contribution in [0, 0.1) is 6.92 Å². The van der Waals surface area contributed by atoms with Gasteiger partial charge in [0.15, 0.2) is 11.4 Å². The zero-order chi connectivity index (χ0) is 13.4. The zero-order valence-corrected chi connectivity index (χ0v) is 10.8. The summed E-state index contributed by atoms with van der Waals surface area (Å²) in [5.41, 5.74) is 9.36. The third kappa shape index (κ3) is 1.79. The highest BCUT2D eigenvalue weighted by Gasteiger charge is 2.14. The molecule has 0 spiro atoms. The molecule has 0 aliphatic carbocycles. The first-order valence-corrected chi connectivity index (χ1v) is 5.94. The van der Waals surface area contributed by atoms with Gasteiger partial charge in [-0.3, -0.25) is 9.38 Å². The van der Waals surface area contributed by atoms with Crippen LogP contribution >= 0.6 is 0 Å². The monoisotopic (exact) mass is 254 g/mol. The fourth-order valence-electron chi connectivity index (χ4n) is 2.02. The van der Waals surface area contributed by atoms with E-state index in [-0.39, 0.29) is 0 Å². The quantitative estimate of drug-likeness (QED) is 0.762. The van der Waals surface area contributed by atoms with E-state index in [1.807, 2.05) is 37.4 Å². The van der Waals surface area contributed by atoms with Crippen molar-refractivity contribution < 1.29 is 4.74 Å². The van der Waals surface area contributed by atoms with Gasteiger partial charge in [-0.25, -0.2) is 4.98 Å². The van der Waals surface area contributed by atoms with Crippen molar-refractivity contribution in [3.63, 3.8) is 0 Å². The fourth-order valence-corrected chi connectivity index (χ4v) is 2.02. The molecule has 0 aliphatic rings. The standard InChI is InChI=1S/C14H14N4O/c1-9-5-6-10(16-8-9)12-13(15)18-7-3-4-11(19-2)14(18)17-12/h3-8H,15H2,1-2H3. The minimum Gasteiger partial charge on any atom is -0.493 e. The third-order valence-electron chi connectivity index (χ3n) is 3.03. The summed E-state index contributed by atoms with van der Waals surface area (Å²) in [4.78, 5) is 8.90. The second-order valence-corrected chi connectivity index (χ2v) is 4.34. The Hall–Kier alpha value is -2.56. The summed E-state index contributed by atoms with van der Waals surface area (Å²) in [5, 5.41) is 0. The number of methoxy groups -OCH3 is 1. The van der Waals surface area contributed by atoms with Gasteiger partial charge in [0.2, 0.25) is 0 Å². The second kappa shape index (κ2) is 4.28. The lowest BCUT2D eigenvalue weighted by Crippen LogP contribution is -1.95. The number of nitrogens with two attached hydrogens (primary N) is 1. The van der Waals surface area contributed by atoms with Crippen molar-refractivity contribution in [1.29, 1.82) is 0 Å². The molecule has 0 saturated carbocycles. The highest BCUT2D eigenvalue weighted by molar-refractivity contribution is 5.75. The highest BCUT2D eigenvalue weighted by Crippen LogP contribution is 2.28. The van der Waals surface area contributed by atoms with E-state index >= 15 is 0 Å². The lowest BCUT2D eigenvalue weighted by Gasteiger charge is -2.01.